The lowest BCUT2D eigenvalue weighted by molar-refractivity contribution is -0.120. The molecule has 0 heterocycles. The monoisotopic (exact) mass is 364 g/mol. The van der Waals surface area contributed by atoms with E-state index in [-0.39, 0.29) is 18.4 Å². The van der Waals surface area contributed by atoms with E-state index in [0.29, 0.717) is 21.4 Å². The highest BCUT2D eigenvalue weighted by atomic mass is 35.5. The number of aryl methyl sites for hydroxylation is 2. The summed E-state index contributed by atoms with van der Waals surface area (Å²) in [5.74, 6) is -0.574. The first-order chi connectivity index (χ1) is 11.2. The Labute approximate surface area is 151 Å². The molecule has 24 heavy (non-hydrogen) atoms. The Bertz CT molecular complexity index is 750. The van der Waals surface area contributed by atoms with Gasteiger partial charge < -0.3 is 10.2 Å². The van der Waals surface area contributed by atoms with Gasteiger partial charge in [-0.05, 0) is 55.3 Å². The van der Waals surface area contributed by atoms with Crippen LogP contribution in [0.25, 0.3) is 0 Å². The molecule has 0 aliphatic heterocycles. The Hall–Kier alpha value is -2.04. The van der Waals surface area contributed by atoms with E-state index < -0.39 is 0 Å². The van der Waals surface area contributed by atoms with Crippen LogP contribution in [-0.4, -0.2) is 18.4 Å². The summed E-state index contributed by atoms with van der Waals surface area (Å²) in [5.41, 5.74) is 3.28. The van der Waals surface area contributed by atoms with Crippen LogP contribution in [0.4, 0.5) is 11.4 Å². The third kappa shape index (κ3) is 4.98. The Morgan fingerprint density at radius 3 is 2.00 bits per heavy atom. The van der Waals surface area contributed by atoms with Gasteiger partial charge in [0.05, 0.1) is 0 Å². The fraction of sp³-hybridized carbons (Fsp3) is 0.222. The third-order valence-corrected chi connectivity index (χ3v) is 3.78. The van der Waals surface area contributed by atoms with Crippen LogP contribution in [0.5, 0.6) is 0 Å². The van der Waals surface area contributed by atoms with Crippen molar-refractivity contribution in [2.24, 2.45) is 0 Å². The summed E-state index contributed by atoms with van der Waals surface area (Å²) in [4.78, 5) is 25.6. The normalized spacial score (nSPS) is 10.4. The van der Waals surface area contributed by atoms with E-state index in [1.807, 2.05) is 32.0 Å². The van der Waals surface area contributed by atoms with Crippen molar-refractivity contribution in [2.75, 3.05) is 16.8 Å². The number of rotatable bonds is 4. The van der Waals surface area contributed by atoms with Gasteiger partial charge in [0.25, 0.3) is 0 Å². The van der Waals surface area contributed by atoms with Gasteiger partial charge in [0.1, 0.15) is 6.54 Å². The summed E-state index contributed by atoms with van der Waals surface area (Å²) in [6.07, 6.45) is 0. The van der Waals surface area contributed by atoms with Crippen molar-refractivity contribution in [3.8, 4) is 0 Å². The number of carbonyl (C=O) groups is 2. The molecule has 0 aromatic heterocycles. The van der Waals surface area contributed by atoms with Crippen molar-refractivity contribution in [2.45, 2.75) is 20.8 Å². The lowest BCUT2D eigenvalue weighted by Crippen LogP contribution is -2.36. The van der Waals surface area contributed by atoms with Crippen molar-refractivity contribution < 1.29 is 9.59 Å². The molecule has 2 rings (SSSR count). The molecule has 0 saturated carbocycles. The average molecular weight is 365 g/mol. The van der Waals surface area contributed by atoms with Crippen LogP contribution in [0.3, 0.4) is 0 Å². The second kappa shape index (κ2) is 7.69. The Balaban J connectivity index is 2.18. The average Bonchev–Trinajstić information content (AvgIpc) is 2.42. The molecule has 1 N–H and O–H groups in total. The molecule has 6 heteroatoms. The van der Waals surface area contributed by atoms with Gasteiger partial charge in [0.15, 0.2) is 0 Å². The summed E-state index contributed by atoms with van der Waals surface area (Å²) >= 11 is 12.0. The summed E-state index contributed by atoms with van der Waals surface area (Å²) in [7, 11) is 0. The molecule has 2 aromatic carbocycles. The van der Waals surface area contributed by atoms with Gasteiger partial charge in [-0.25, -0.2) is 0 Å². The highest BCUT2D eigenvalue weighted by molar-refractivity contribution is 6.35. The van der Waals surface area contributed by atoms with Crippen molar-refractivity contribution in [3.63, 3.8) is 0 Å². The van der Waals surface area contributed by atoms with Crippen LogP contribution >= 0.6 is 23.2 Å². The van der Waals surface area contributed by atoms with E-state index in [4.69, 9.17) is 23.2 Å². The van der Waals surface area contributed by atoms with E-state index in [1.54, 1.807) is 18.2 Å². The minimum absolute atomic E-state index is 0.126. The maximum Gasteiger partial charge on any atom is 0.244 e. The third-order valence-electron chi connectivity index (χ3n) is 3.35. The first-order valence-electron chi connectivity index (χ1n) is 7.37. The van der Waals surface area contributed by atoms with Gasteiger partial charge in [0, 0.05) is 28.3 Å². The summed E-state index contributed by atoms with van der Waals surface area (Å²) in [6, 6.07) is 10.5. The van der Waals surface area contributed by atoms with E-state index in [9.17, 15) is 9.59 Å². The molecule has 0 radical (unpaired) electrons. The molecule has 0 unspecified atom stereocenters. The maximum atomic E-state index is 12.3. The second-order valence-electron chi connectivity index (χ2n) is 5.66. The number of anilines is 2. The van der Waals surface area contributed by atoms with Gasteiger partial charge >= 0.3 is 0 Å². The summed E-state index contributed by atoms with van der Waals surface area (Å²) in [5, 5.41) is 3.61. The lowest BCUT2D eigenvalue weighted by Gasteiger charge is -2.21. The van der Waals surface area contributed by atoms with Crippen LogP contribution in [0.15, 0.2) is 36.4 Å². The zero-order valence-corrected chi connectivity index (χ0v) is 15.2. The standard InChI is InChI=1S/C18H18Cl2N2O2/c1-11-4-12(2)6-16(5-11)21-18(24)10-22(13(3)23)17-8-14(19)7-15(20)9-17/h4-9H,10H2,1-3H3,(H,21,24). The zero-order valence-electron chi connectivity index (χ0n) is 13.7. The number of amides is 2. The molecule has 0 saturated heterocycles. The first-order valence-corrected chi connectivity index (χ1v) is 8.12. The van der Waals surface area contributed by atoms with Crippen LogP contribution in [0, 0.1) is 13.8 Å². The SMILES string of the molecule is CC(=O)N(CC(=O)Nc1cc(C)cc(C)c1)c1cc(Cl)cc(Cl)c1. The van der Waals surface area contributed by atoms with Crippen molar-refractivity contribution in [1.29, 1.82) is 0 Å². The van der Waals surface area contributed by atoms with Gasteiger partial charge in [-0.15, -0.1) is 0 Å². The van der Waals surface area contributed by atoms with Gasteiger partial charge in [-0.2, -0.15) is 0 Å². The Kier molecular flexibility index (Phi) is 5.86. The fourth-order valence-corrected chi connectivity index (χ4v) is 2.99. The molecule has 4 nitrogen and oxygen atoms in total. The van der Waals surface area contributed by atoms with Crippen molar-refractivity contribution in [1.82, 2.24) is 0 Å². The molecule has 0 bridgehead atoms. The second-order valence-corrected chi connectivity index (χ2v) is 6.53. The molecular weight excluding hydrogens is 347 g/mol. The largest absolute Gasteiger partial charge is 0.325 e. The molecule has 0 spiro atoms. The molecule has 0 aliphatic carbocycles. The zero-order chi connectivity index (χ0) is 17.9. The number of carbonyl (C=O) groups excluding carboxylic acids is 2. The van der Waals surface area contributed by atoms with Crippen molar-refractivity contribution >= 4 is 46.4 Å². The summed E-state index contributed by atoms with van der Waals surface area (Å²) < 4.78 is 0. The minimum Gasteiger partial charge on any atom is -0.325 e. The van der Waals surface area contributed by atoms with Crippen LogP contribution in [-0.2, 0) is 9.59 Å². The predicted octanol–water partition coefficient (Wildman–Crippen LogP) is 4.60. The molecule has 0 fully saturated rings. The number of nitrogens with one attached hydrogen (secondary N) is 1. The van der Waals surface area contributed by atoms with E-state index >= 15 is 0 Å². The fourth-order valence-electron chi connectivity index (χ4n) is 2.47. The van der Waals surface area contributed by atoms with Crippen LogP contribution in [0.1, 0.15) is 18.1 Å². The predicted molar refractivity (Wildman–Crippen MR) is 99.0 cm³/mol. The number of nitrogens with zero attached hydrogens (tertiary/aromatic N) is 1. The van der Waals surface area contributed by atoms with Gasteiger partial charge in [-0.3, -0.25) is 9.59 Å². The molecule has 2 aromatic rings. The maximum absolute atomic E-state index is 12.3. The van der Waals surface area contributed by atoms with Crippen LogP contribution in [0.2, 0.25) is 10.0 Å². The highest BCUT2D eigenvalue weighted by Crippen LogP contribution is 2.25. The number of benzene rings is 2. The number of hydrogen-bond donors (Lipinski definition) is 1. The minimum atomic E-state index is -0.300. The van der Waals surface area contributed by atoms with Gasteiger partial charge in [0.2, 0.25) is 11.8 Å². The molecule has 0 atom stereocenters. The molecule has 2 amide bonds. The molecule has 126 valence electrons. The molecular formula is C18H18Cl2N2O2. The van der Waals surface area contributed by atoms with Crippen molar-refractivity contribution in [3.05, 3.63) is 57.6 Å². The lowest BCUT2D eigenvalue weighted by atomic mass is 10.1. The van der Waals surface area contributed by atoms with Gasteiger partial charge in [-0.1, -0.05) is 29.3 Å². The molecule has 0 aliphatic rings. The van der Waals surface area contributed by atoms with E-state index in [0.717, 1.165) is 11.1 Å². The number of halogens is 2. The van der Waals surface area contributed by atoms with Crippen LogP contribution < -0.4 is 10.2 Å². The number of hydrogen-bond acceptors (Lipinski definition) is 2. The first kappa shape index (κ1) is 18.3. The topological polar surface area (TPSA) is 49.4 Å². The quantitative estimate of drug-likeness (QED) is 0.861. The van der Waals surface area contributed by atoms with E-state index in [1.165, 1.54) is 11.8 Å². The highest BCUT2D eigenvalue weighted by Gasteiger charge is 2.17. The Morgan fingerprint density at radius 1 is 0.958 bits per heavy atom. The Morgan fingerprint density at radius 2 is 1.50 bits per heavy atom. The smallest absolute Gasteiger partial charge is 0.244 e. The van der Waals surface area contributed by atoms with E-state index in [2.05, 4.69) is 5.32 Å². The summed E-state index contributed by atoms with van der Waals surface area (Å²) in [6.45, 7) is 5.18.